The Morgan fingerprint density at radius 2 is 1.62 bits per heavy atom. The van der Waals surface area contributed by atoms with Gasteiger partial charge in [0.15, 0.2) is 0 Å². The van der Waals surface area contributed by atoms with Crippen molar-refractivity contribution in [3.8, 4) is 0 Å². The van der Waals surface area contributed by atoms with Crippen LogP contribution < -0.4 is 10.2 Å². The lowest BCUT2D eigenvalue weighted by molar-refractivity contribution is 0.0240. The minimum Gasteiger partial charge on any atom is -0.444 e. The molecular weight excluding hydrogens is 434 g/mol. The second kappa shape index (κ2) is 8.97. The van der Waals surface area contributed by atoms with Gasteiger partial charge in [0.2, 0.25) is 5.95 Å². The second-order valence-electron chi connectivity index (χ2n) is 9.64. The minimum atomic E-state index is -0.622. The van der Waals surface area contributed by atoms with Gasteiger partial charge in [0.25, 0.3) is 0 Å². The van der Waals surface area contributed by atoms with Crippen molar-refractivity contribution in [2.45, 2.75) is 52.7 Å². The van der Waals surface area contributed by atoms with E-state index in [0.717, 1.165) is 11.1 Å². The van der Waals surface area contributed by atoms with E-state index in [4.69, 9.17) is 21.1 Å². The van der Waals surface area contributed by atoms with Crippen LogP contribution in [0.3, 0.4) is 0 Å². The maximum atomic E-state index is 12.3. The van der Waals surface area contributed by atoms with Crippen molar-refractivity contribution < 1.29 is 19.1 Å². The van der Waals surface area contributed by atoms with Crippen LogP contribution in [0.25, 0.3) is 10.9 Å². The van der Waals surface area contributed by atoms with Crippen molar-refractivity contribution >= 4 is 46.3 Å². The fraction of sp³-hybridized carbons (Fsp3) is 0.545. The third kappa shape index (κ3) is 6.35. The lowest BCUT2D eigenvalue weighted by Crippen LogP contribution is -2.50. The molecule has 2 amide bonds. The van der Waals surface area contributed by atoms with Crippen molar-refractivity contribution in [3.63, 3.8) is 0 Å². The zero-order valence-corrected chi connectivity index (χ0v) is 20.1. The molecule has 1 N–H and O–H groups in total. The Balaban J connectivity index is 1.73. The standard InChI is InChI=1S/C22H30ClN5O4/c1-21(2,3)31-19(29)26-18-24-13-14-11-15(23)17(12-16(14)25-18)27-7-9-28(10-8-27)20(30)32-22(4,5)6/h11-13H,7-10H2,1-6H3,(H,24,25,26,29). The molecule has 0 bridgehead atoms. The molecule has 1 aromatic carbocycles. The van der Waals surface area contributed by atoms with Crippen molar-refractivity contribution in [1.82, 2.24) is 14.9 Å². The van der Waals surface area contributed by atoms with Crippen LogP contribution in [0.4, 0.5) is 21.2 Å². The highest BCUT2D eigenvalue weighted by Crippen LogP contribution is 2.31. The molecule has 9 nitrogen and oxygen atoms in total. The van der Waals surface area contributed by atoms with Crippen LogP contribution in [-0.2, 0) is 9.47 Å². The van der Waals surface area contributed by atoms with Gasteiger partial charge in [0.1, 0.15) is 11.2 Å². The van der Waals surface area contributed by atoms with Crippen LogP contribution in [0.5, 0.6) is 0 Å². The maximum absolute atomic E-state index is 12.3. The maximum Gasteiger partial charge on any atom is 0.414 e. The van der Waals surface area contributed by atoms with Crippen LogP contribution >= 0.6 is 11.6 Å². The van der Waals surface area contributed by atoms with E-state index in [2.05, 4.69) is 20.2 Å². The van der Waals surface area contributed by atoms with Gasteiger partial charge >= 0.3 is 12.2 Å². The molecule has 0 unspecified atom stereocenters. The highest BCUT2D eigenvalue weighted by molar-refractivity contribution is 6.34. The van der Waals surface area contributed by atoms with Gasteiger partial charge in [-0.15, -0.1) is 0 Å². The third-order valence-electron chi connectivity index (χ3n) is 4.53. The Morgan fingerprint density at radius 1 is 1.00 bits per heavy atom. The molecule has 1 aromatic heterocycles. The number of anilines is 2. The first-order chi connectivity index (χ1) is 14.8. The van der Waals surface area contributed by atoms with Gasteiger partial charge in [0, 0.05) is 37.8 Å². The summed E-state index contributed by atoms with van der Waals surface area (Å²) in [6.45, 7) is 13.2. The topological polar surface area (TPSA) is 96.9 Å². The monoisotopic (exact) mass is 463 g/mol. The van der Waals surface area contributed by atoms with Gasteiger partial charge in [-0.05, 0) is 53.7 Å². The van der Waals surface area contributed by atoms with E-state index < -0.39 is 17.3 Å². The van der Waals surface area contributed by atoms with Crippen molar-refractivity contribution in [1.29, 1.82) is 0 Å². The van der Waals surface area contributed by atoms with Gasteiger partial charge in [-0.25, -0.2) is 19.6 Å². The normalized spacial score (nSPS) is 15.0. The van der Waals surface area contributed by atoms with Gasteiger partial charge in [-0.1, -0.05) is 11.6 Å². The summed E-state index contributed by atoms with van der Waals surface area (Å²) in [6.07, 6.45) is 0.669. The molecule has 32 heavy (non-hydrogen) atoms. The van der Waals surface area contributed by atoms with E-state index in [9.17, 15) is 9.59 Å². The largest absolute Gasteiger partial charge is 0.444 e. The molecule has 0 atom stereocenters. The summed E-state index contributed by atoms with van der Waals surface area (Å²) in [4.78, 5) is 36.7. The summed E-state index contributed by atoms with van der Waals surface area (Å²) in [7, 11) is 0. The van der Waals surface area contributed by atoms with Crippen molar-refractivity contribution in [3.05, 3.63) is 23.4 Å². The highest BCUT2D eigenvalue weighted by Gasteiger charge is 2.27. The molecule has 2 aromatic rings. The van der Waals surface area contributed by atoms with Gasteiger partial charge in [-0.3, -0.25) is 5.32 Å². The molecular formula is C22H30ClN5O4. The first kappa shape index (κ1) is 23.8. The second-order valence-corrected chi connectivity index (χ2v) is 10.0. The Labute approximate surface area is 193 Å². The summed E-state index contributed by atoms with van der Waals surface area (Å²) in [5, 5.41) is 3.87. The van der Waals surface area contributed by atoms with E-state index in [1.54, 1.807) is 37.9 Å². The zero-order chi connectivity index (χ0) is 23.7. The Hall–Kier alpha value is -2.81. The van der Waals surface area contributed by atoms with Crippen molar-refractivity contribution in [2.75, 3.05) is 36.4 Å². The Morgan fingerprint density at radius 3 is 2.22 bits per heavy atom. The van der Waals surface area contributed by atoms with Gasteiger partial charge in [0.05, 0.1) is 16.2 Å². The van der Waals surface area contributed by atoms with Crippen molar-refractivity contribution in [2.24, 2.45) is 0 Å². The number of halogens is 1. The van der Waals surface area contributed by atoms with E-state index in [1.807, 2.05) is 26.8 Å². The fourth-order valence-electron chi connectivity index (χ4n) is 3.19. The lowest BCUT2D eigenvalue weighted by Gasteiger charge is -2.37. The molecule has 1 fully saturated rings. The first-order valence-electron chi connectivity index (χ1n) is 10.5. The zero-order valence-electron chi connectivity index (χ0n) is 19.4. The molecule has 1 aliphatic rings. The molecule has 174 valence electrons. The summed E-state index contributed by atoms with van der Waals surface area (Å²) >= 11 is 6.53. The number of nitrogens with one attached hydrogen (secondary N) is 1. The number of aromatic nitrogens is 2. The molecule has 0 saturated carbocycles. The summed E-state index contributed by atoms with van der Waals surface area (Å²) in [5.41, 5.74) is 0.300. The third-order valence-corrected chi connectivity index (χ3v) is 4.84. The number of benzene rings is 1. The smallest absolute Gasteiger partial charge is 0.414 e. The predicted octanol–water partition coefficient (Wildman–Crippen LogP) is 4.69. The number of hydrogen-bond acceptors (Lipinski definition) is 7. The molecule has 1 aliphatic heterocycles. The summed E-state index contributed by atoms with van der Waals surface area (Å²) < 4.78 is 10.7. The molecule has 3 rings (SSSR count). The average Bonchev–Trinajstić information content (AvgIpc) is 2.65. The van der Waals surface area contributed by atoms with E-state index in [0.29, 0.717) is 36.7 Å². The molecule has 0 radical (unpaired) electrons. The number of carbonyl (C=O) groups excluding carboxylic acids is 2. The van der Waals surface area contributed by atoms with Crippen LogP contribution in [0.2, 0.25) is 5.02 Å². The van der Waals surface area contributed by atoms with Gasteiger partial charge in [-0.2, -0.15) is 0 Å². The number of hydrogen-bond donors (Lipinski definition) is 1. The molecule has 0 aliphatic carbocycles. The molecule has 0 spiro atoms. The SMILES string of the molecule is CC(C)(C)OC(=O)Nc1ncc2cc(Cl)c(N3CCN(C(=O)OC(C)(C)C)CC3)cc2n1. The summed E-state index contributed by atoms with van der Waals surface area (Å²) in [5.74, 6) is 0.148. The number of fused-ring (bicyclic) bond motifs is 1. The number of amides is 2. The van der Waals surface area contributed by atoms with Crippen LogP contribution in [-0.4, -0.2) is 64.4 Å². The van der Waals surface area contributed by atoms with Crippen LogP contribution in [0.15, 0.2) is 18.3 Å². The van der Waals surface area contributed by atoms with Gasteiger partial charge < -0.3 is 19.3 Å². The average molecular weight is 464 g/mol. The minimum absolute atomic E-state index is 0.148. The number of nitrogens with zero attached hydrogens (tertiary/aromatic N) is 4. The quantitative estimate of drug-likeness (QED) is 0.690. The number of ether oxygens (including phenoxy) is 2. The number of piperazine rings is 1. The van der Waals surface area contributed by atoms with Crippen LogP contribution in [0.1, 0.15) is 41.5 Å². The van der Waals surface area contributed by atoms with E-state index >= 15 is 0 Å². The van der Waals surface area contributed by atoms with E-state index in [-0.39, 0.29) is 12.0 Å². The molecule has 10 heteroatoms. The Kier molecular flexibility index (Phi) is 6.69. The first-order valence-corrected chi connectivity index (χ1v) is 10.9. The Bertz CT molecular complexity index is 1010. The lowest BCUT2D eigenvalue weighted by atomic mass is 10.2. The summed E-state index contributed by atoms with van der Waals surface area (Å²) in [6, 6.07) is 3.66. The molecule has 1 saturated heterocycles. The van der Waals surface area contributed by atoms with E-state index in [1.165, 1.54) is 0 Å². The predicted molar refractivity (Wildman–Crippen MR) is 124 cm³/mol. The van der Waals surface area contributed by atoms with Crippen LogP contribution in [0, 0.1) is 0 Å². The fourth-order valence-corrected chi connectivity index (χ4v) is 3.49. The number of carbonyl (C=O) groups is 2. The molecule has 2 heterocycles. The highest BCUT2D eigenvalue weighted by atomic mass is 35.5. The number of rotatable bonds is 2.